The maximum absolute atomic E-state index is 11.3. The zero-order chi connectivity index (χ0) is 12.6. The Hall–Kier alpha value is -0.906. The predicted molar refractivity (Wildman–Crippen MR) is 54.7 cm³/mol. The second kappa shape index (κ2) is 8.27. The van der Waals surface area contributed by atoms with E-state index in [2.05, 4.69) is 4.98 Å². The summed E-state index contributed by atoms with van der Waals surface area (Å²) in [5, 5.41) is 0. The van der Waals surface area contributed by atoms with E-state index in [0.717, 1.165) is 17.4 Å². The summed E-state index contributed by atoms with van der Waals surface area (Å²) in [6, 6.07) is 2.60. The van der Waals surface area contributed by atoms with Crippen LogP contribution in [0.2, 0.25) is 0 Å². The van der Waals surface area contributed by atoms with Crippen molar-refractivity contribution in [2.75, 3.05) is 0 Å². The van der Waals surface area contributed by atoms with Crippen LogP contribution in [-0.2, 0) is 25.8 Å². The van der Waals surface area contributed by atoms with Crippen molar-refractivity contribution >= 4 is 5.97 Å². The van der Waals surface area contributed by atoms with E-state index in [1.54, 1.807) is 18.3 Å². The van der Waals surface area contributed by atoms with E-state index in [0.29, 0.717) is 18.2 Å². The van der Waals surface area contributed by atoms with E-state index in [1.165, 1.54) is 0 Å². The number of esters is 1. The fourth-order valence-corrected chi connectivity index (χ4v) is 1.12. The molecule has 1 rings (SSSR count). The molecule has 0 radical (unpaired) electrons. The molecule has 0 aliphatic heterocycles. The standard InChI is InChI=1S/C10H15N2O2.O.V/c1-7(2)6-8(11)10(13)14-9-4-3-5-12-9;;/h3-5,7-8,11-12H,6H2,1-2H3;;/q-1;;/t8-;;/m0../s1. The minimum absolute atomic E-state index is 0.327. The van der Waals surface area contributed by atoms with E-state index in [1.807, 2.05) is 13.8 Å². The van der Waals surface area contributed by atoms with Gasteiger partial charge in [0.1, 0.15) is 0 Å². The van der Waals surface area contributed by atoms with Gasteiger partial charge in [-0.15, -0.1) is 0 Å². The van der Waals surface area contributed by atoms with Gasteiger partial charge in [0.05, 0.1) is 0 Å². The number of carbonyl (C=O) groups is 1. The number of H-pyrrole nitrogens is 1. The van der Waals surface area contributed by atoms with Crippen molar-refractivity contribution in [3.63, 3.8) is 0 Å². The summed E-state index contributed by atoms with van der Waals surface area (Å²) in [5.74, 6) is 0.228. The number of hydrogen-bond acceptors (Lipinski definition) is 3. The first-order valence-electron chi connectivity index (χ1n) is 4.84. The predicted octanol–water partition coefficient (Wildman–Crippen LogP) is 2.27. The molecule has 6 heteroatoms. The van der Waals surface area contributed by atoms with E-state index < -0.39 is 12.0 Å². The van der Waals surface area contributed by atoms with Crippen molar-refractivity contribution in [1.29, 1.82) is 0 Å². The van der Waals surface area contributed by atoms with Crippen molar-refractivity contribution in [2.45, 2.75) is 26.3 Å². The first-order valence-corrected chi connectivity index (χ1v) is 5.41. The third-order valence-electron chi connectivity index (χ3n) is 1.77. The van der Waals surface area contributed by atoms with Crippen LogP contribution in [0.3, 0.4) is 0 Å². The van der Waals surface area contributed by atoms with Gasteiger partial charge in [-0.1, -0.05) is 20.3 Å². The molecule has 0 unspecified atom stereocenters. The number of rotatable bonds is 4. The number of carbonyl (C=O) groups excluding carboxylic acids is 1. The average molecular weight is 262 g/mol. The number of aromatic amines is 1. The van der Waals surface area contributed by atoms with E-state index in [4.69, 9.17) is 14.1 Å². The summed E-state index contributed by atoms with van der Waals surface area (Å²) in [5.41, 5.74) is 7.52. The third kappa shape index (κ3) is 5.85. The molecule has 2 N–H and O–H groups in total. The summed E-state index contributed by atoms with van der Waals surface area (Å²) in [4.78, 5) is 14.1. The molecule has 1 aromatic rings. The second-order valence-corrected chi connectivity index (χ2v) is 3.64. The molecule has 0 aliphatic rings. The van der Waals surface area contributed by atoms with Crippen LogP contribution in [-0.4, -0.2) is 17.0 Å². The molecule has 0 aliphatic carbocycles. The van der Waals surface area contributed by atoms with Gasteiger partial charge in [0.25, 0.3) is 5.97 Å². The Kier molecular flexibility index (Phi) is 7.80. The first-order chi connectivity index (χ1) is 7.59. The Balaban J connectivity index is 0.00000106. The second-order valence-electron chi connectivity index (χ2n) is 3.64. The quantitative estimate of drug-likeness (QED) is 0.845. The first kappa shape index (κ1) is 15.1. The Morgan fingerprint density at radius 1 is 1.56 bits per heavy atom. The Labute approximate surface area is 104 Å². The molecule has 5 nitrogen and oxygen atoms in total. The summed E-state index contributed by atoms with van der Waals surface area (Å²) < 4.78 is 13.1. The number of ether oxygens (including phenoxy) is 1. The van der Waals surface area contributed by atoms with Crippen LogP contribution < -0.4 is 4.74 Å². The monoisotopic (exact) mass is 262 g/mol. The molecule has 0 saturated carbocycles. The van der Waals surface area contributed by atoms with Gasteiger partial charge in [-0.25, -0.2) is 0 Å². The zero-order valence-corrected chi connectivity index (χ0v) is 10.7. The van der Waals surface area contributed by atoms with Crippen LogP contribution in [0.1, 0.15) is 20.3 Å². The van der Waals surface area contributed by atoms with Crippen molar-refractivity contribution < 1.29 is 30.6 Å². The van der Waals surface area contributed by atoms with Gasteiger partial charge in [-0.3, -0.25) is 4.79 Å². The number of hydrogen-bond donors (Lipinski definition) is 1. The average Bonchev–Trinajstić information content (AvgIpc) is 2.72. The molecule has 0 amide bonds. The zero-order valence-electron chi connectivity index (χ0n) is 9.27. The van der Waals surface area contributed by atoms with Gasteiger partial charge in [0, 0.05) is 12.3 Å². The van der Waals surface area contributed by atoms with Gasteiger partial charge < -0.3 is 15.5 Å². The fraction of sp³-hybridized carbons (Fsp3) is 0.500. The van der Waals surface area contributed by atoms with Gasteiger partial charge >= 0.3 is 21.0 Å². The topological polar surface area (TPSA) is 83.0 Å². The molecular formula is C10H15N2O3V-. The molecule has 89 valence electrons. The molecule has 0 spiro atoms. The third-order valence-corrected chi connectivity index (χ3v) is 1.77. The van der Waals surface area contributed by atoms with Gasteiger partial charge in [0.2, 0.25) is 5.88 Å². The number of aromatic nitrogens is 1. The Bertz CT molecular complexity index is 301. The van der Waals surface area contributed by atoms with Crippen LogP contribution in [0.25, 0.3) is 5.73 Å². The van der Waals surface area contributed by atoms with Crippen LogP contribution in [0.15, 0.2) is 18.3 Å². The summed E-state index contributed by atoms with van der Waals surface area (Å²) >= 11 is 1.06. The van der Waals surface area contributed by atoms with Crippen molar-refractivity contribution in [2.24, 2.45) is 5.92 Å². The van der Waals surface area contributed by atoms with Gasteiger partial charge in [-0.05, 0) is 18.0 Å². The molecule has 16 heavy (non-hydrogen) atoms. The van der Waals surface area contributed by atoms with Crippen molar-refractivity contribution in [3.8, 4) is 5.88 Å². The van der Waals surface area contributed by atoms with Crippen LogP contribution >= 0.6 is 0 Å². The molecular weight excluding hydrogens is 247 g/mol. The normalized spacial score (nSPS) is 11.4. The van der Waals surface area contributed by atoms with E-state index in [9.17, 15) is 4.79 Å². The molecule has 0 bridgehead atoms. The summed E-state index contributed by atoms with van der Waals surface area (Å²) in [7, 11) is 0. The fourth-order valence-electron chi connectivity index (χ4n) is 1.12. The molecule has 1 heterocycles. The van der Waals surface area contributed by atoms with Crippen LogP contribution in [0.5, 0.6) is 5.88 Å². The molecule has 0 fully saturated rings. The molecule has 0 saturated heterocycles. The SMILES string of the molecule is CC(C)C[C@H]([NH-])C(=O)Oc1ccc[nH]1.[O]=[V]. The number of nitrogens with one attached hydrogen (secondary N) is 2. The molecule has 1 aromatic heterocycles. The molecule has 1 atom stereocenters. The summed E-state index contributed by atoms with van der Waals surface area (Å²) in [6.07, 6.45) is 2.20. The van der Waals surface area contributed by atoms with Crippen molar-refractivity contribution in [1.82, 2.24) is 4.98 Å². The maximum atomic E-state index is 11.3. The Morgan fingerprint density at radius 3 is 2.62 bits per heavy atom. The van der Waals surface area contributed by atoms with Crippen molar-refractivity contribution in [3.05, 3.63) is 24.1 Å². The minimum atomic E-state index is -0.793. The summed E-state index contributed by atoms with van der Waals surface area (Å²) in [6.45, 7) is 3.95. The van der Waals surface area contributed by atoms with E-state index in [-0.39, 0.29) is 0 Å². The van der Waals surface area contributed by atoms with Gasteiger partial charge in [-0.2, -0.15) is 0 Å². The molecule has 0 aromatic carbocycles. The van der Waals surface area contributed by atoms with Crippen LogP contribution in [0, 0.1) is 5.92 Å². The van der Waals surface area contributed by atoms with E-state index >= 15 is 0 Å². The van der Waals surface area contributed by atoms with Gasteiger partial charge in [0.15, 0.2) is 0 Å². The Morgan fingerprint density at radius 2 is 2.19 bits per heavy atom. The van der Waals surface area contributed by atoms with Crippen LogP contribution in [0.4, 0.5) is 0 Å².